The van der Waals surface area contributed by atoms with Crippen LogP contribution in [0.15, 0.2) is 29.2 Å². The van der Waals surface area contributed by atoms with E-state index in [1.165, 1.54) is 16.8 Å². The fraction of sp³-hybridized carbons (Fsp3) is 0.632. The van der Waals surface area contributed by atoms with Gasteiger partial charge < -0.3 is 10.2 Å². The number of sulfonamides is 1. The Morgan fingerprint density at radius 1 is 1.22 bits per heavy atom. The van der Waals surface area contributed by atoms with Gasteiger partial charge in [-0.1, -0.05) is 25.3 Å². The first-order valence-electron chi connectivity index (χ1n) is 9.50. The molecule has 1 heterocycles. The summed E-state index contributed by atoms with van der Waals surface area (Å²) in [6.07, 6.45) is 5.14. The van der Waals surface area contributed by atoms with Crippen LogP contribution in [-0.4, -0.2) is 62.3 Å². The Balaban J connectivity index is 0.00000261. The van der Waals surface area contributed by atoms with Gasteiger partial charge in [-0.05, 0) is 38.0 Å². The Bertz CT molecular complexity index is 750. The maximum Gasteiger partial charge on any atom is 0.253 e. The lowest BCUT2D eigenvalue weighted by atomic mass is 9.96. The Morgan fingerprint density at radius 3 is 2.59 bits per heavy atom. The Hall–Kier alpha value is -1.15. The predicted octanol–water partition coefficient (Wildman–Crippen LogP) is 2.50. The molecule has 1 aromatic carbocycles. The van der Waals surface area contributed by atoms with Crippen molar-refractivity contribution in [3.8, 4) is 0 Å². The highest BCUT2D eigenvalue weighted by Crippen LogP contribution is 2.27. The molecule has 1 unspecified atom stereocenters. The summed E-state index contributed by atoms with van der Waals surface area (Å²) in [5.41, 5.74) is 0.442. The largest absolute Gasteiger partial charge is 0.336 e. The van der Waals surface area contributed by atoms with Crippen LogP contribution in [0.3, 0.4) is 0 Å². The maximum absolute atomic E-state index is 13.0. The fourth-order valence-corrected chi connectivity index (χ4v) is 5.36. The van der Waals surface area contributed by atoms with Crippen LogP contribution in [0.25, 0.3) is 0 Å². The highest BCUT2D eigenvalue weighted by molar-refractivity contribution is 7.89. The lowest BCUT2D eigenvalue weighted by Crippen LogP contribution is -2.51. The number of carbonyl (C=O) groups is 1. The van der Waals surface area contributed by atoms with E-state index < -0.39 is 10.0 Å². The zero-order valence-electron chi connectivity index (χ0n) is 16.1. The second-order valence-electron chi connectivity index (χ2n) is 7.45. The average molecular weight is 416 g/mol. The summed E-state index contributed by atoms with van der Waals surface area (Å²) in [5.74, 6) is -0.101. The van der Waals surface area contributed by atoms with E-state index in [0.29, 0.717) is 18.7 Å². The molecule has 1 amide bonds. The van der Waals surface area contributed by atoms with Crippen LogP contribution in [0.1, 0.15) is 49.4 Å². The molecule has 2 fully saturated rings. The molecule has 0 radical (unpaired) electrons. The van der Waals surface area contributed by atoms with Crippen LogP contribution in [0, 0.1) is 0 Å². The first-order chi connectivity index (χ1) is 12.4. The van der Waals surface area contributed by atoms with Gasteiger partial charge in [-0.3, -0.25) is 4.79 Å². The van der Waals surface area contributed by atoms with E-state index in [4.69, 9.17) is 0 Å². The van der Waals surface area contributed by atoms with Crippen molar-refractivity contribution in [2.45, 2.75) is 56.0 Å². The van der Waals surface area contributed by atoms with Crippen molar-refractivity contribution in [3.05, 3.63) is 29.8 Å². The molecule has 0 aromatic heterocycles. The van der Waals surface area contributed by atoms with Crippen LogP contribution >= 0.6 is 12.4 Å². The summed E-state index contributed by atoms with van der Waals surface area (Å²) < 4.78 is 27.6. The smallest absolute Gasteiger partial charge is 0.253 e. The number of benzene rings is 1. The predicted molar refractivity (Wildman–Crippen MR) is 109 cm³/mol. The van der Waals surface area contributed by atoms with E-state index in [1.54, 1.807) is 30.1 Å². The second kappa shape index (κ2) is 9.37. The molecule has 6 nitrogen and oxygen atoms in total. The maximum atomic E-state index is 13.0. The van der Waals surface area contributed by atoms with Crippen molar-refractivity contribution in [3.63, 3.8) is 0 Å². The van der Waals surface area contributed by atoms with Crippen LogP contribution in [0.4, 0.5) is 0 Å². The third kappa shape index (κ3) is 5.02. The van der Waals surface area contributed by atoms with Crippen molar-refractivity contribution in [2.24, 2.45) is 0 Å². The number of halogens is 1. The summed E-state index contributed by atoms with van der Waals surface area (Å²) >= 11 is 0. The molecule has 0 bridgehead atoms. The van der Waals surface area contributed by atoms with E-state index in [2.05, 4.69) is 5.32 Å². The van der Waals surface area contributed by atoms with Gasteiger partial charge in [0.1, 0.15) is 0 Å². The topological polar surface area (TPSA) is 69.7 Å². The number of nitrogens with one attached hydrogen (secondary N) is 1. The van der Waals surface area contributed by atoms with Gasteiger partial charge in [0.25, 0.3) is 5.91 Å². The lowest BCUT2D eigenvalue weighted by Gasteiger charge is -2.32. The SMILES string of the molecule is CC1CN(C(=O)c2cccc(S(=O)(=O)N(C)C3CCCCC3)c2)CCN1.Cl. The molecule has 2 aliphatic rings. The van der Waals surface area contributed by atoms with Gasteiger partial charge in [-0.2, -0.15) is 4.31 Å². The minimum absolute atomic E-state index is 0. The first-order valence-corrected chi connectivity index (χ1v) is 10.9. The third-order valence-corrected chi connectivity index (χ3v) is 7.41. The molecule has 1 aliphatic heterocycles. The fourth-order valence-electron chi connectivity index (χ4n) is 3.90. The first kappa shape index (κ1) is 22.1. The highest BCUT2D eigenvalue weighted by Gasteiger charge is 2.30. The molecule has 1 N–H and O–H groups in total. The van der Waals surface area contributed by atoms with Crippen molar-refractivity contribution in [1.82, 2.24) is 14.5 Å². The Morgan fingerprint density at radius 2 is 1.93 bits per heavy atom. The molecule has 1 atom stereocenters. The quantitative estimate of drug-likeness (QED) is 0.820. The number of hydrogen-bond acceptors (Lipinski definition) is 4. The molecular formula is C19H30ClN3O3S. The standard InChI is InChI=1S/C19H29N3O3S.ClH/c1-15-14-22(12-11-20-15)19(23)16-7-6-10-18(13-16)26(24,25)21(2)17-8-4-3-5-9-17;/h6-7,10,13,15,17,20H,3-5,8-9,11-12,14H2,1-2H3;1H. The number of piperazine rings is 1. The van der Waals surface area contributed by atoms with E-state index in [9.17, 15) is 13.2 Å². The molecular weight excluding hydrogens is 386 g/mol. The number of carbonyl (C=O) groups excluding carboxylic acids is 1. The normalized spacial score (nSPS) is 21.7. The zero-order valence-corrected chi connectivity index (χ0v) is 17.7. The van der Waals surface area contributed by atoms with Crippen LogP contribution in [0.5, 0.6) is 0 Å². The van der Waals surface area contributed by atoms with Crippen LogP contribution < -0.4 is 5.32 Å². The molecule has 8 heteroatoms. The van der Waals surface area contributed by atoms with Crippen molar-refractivity contribution >= 4 is 28.3 Å². The Kier molecular flexibility index (Phi) is 7.68. The summed E-state index contributed by atoms with van der Waals surface area (Å²) in [6.45, 7) is 4.08. The number of hydrogen-bond donors (Lipinski definition) is 1. The molecule has 1 aromatic rings. The number of nitrogens with zero attached hydrogens (tertiary/aromatic N) is 2. The van der Waals surface area contributed by atoms with Gasteiger partial charge >= 0.3 is 0 Å². The average Bonchev–Trinajstić information content (AvgIpc) is 2.67. The second-order valence-corrected chi connectivity index (χ2v) is 9.44. The molecule has 1 saturated heterocycles. The van der Waals surface area contributed by atoms with Crippen molar-refractivity contribution < 1.29 is 13.2 Å². The third-order valence-electron chi connectivity index (χ3n) is 5.50. The lowest BCUT2D eigenvalue weighted by molar-refractivity contribution is 0.0709. The zero-order chi connectivity index (χ0) is 18.7. The highest BCUT2D eigenvalue weighted by atomic mass is 35.5. The molecule has 1 saturated carbocycles. The molecule has 27 heavy (non-hydrogen) atoms. The molecule has 1 aliphatic carbocycles. The van der Waals surface area contributed by atoms with E-state index >= 15 is 0 Å². The van der Waals surface area contributed by atoms with Crippen molar-refractivity contribution in [1.29, 1.82) is 0 Å². The van der Waals surface area contributed by atoms with Crippen molar-refractivity contribution in [2.75, 3.05) is 26.7 Å². The van der Waals surface area contributed by atoms with Crippen LogP contribution in [-0.2, 0) is 10.0 Å². The van der Waals surface area contributed by atoms with Gasteiger partial charge in [0.2, 0.25) is 10.0 Å². The van der Waals surface area contributed by atoms with Gasteiger partial charge in [0.15, 0.2) is 0 Å². The molecule has 152 valence electrons. The molecule has 3 rings (SSSR count). The number of amides is 1. The monoisotopic (exact) mass is 415 g/mol. The summed E-state index contributed by atoms with van der Waals surface area (Å²) in [6, 6.07) is 6.80. The van der Waals surface area contributed by atoms with E-state index in [-0.39, 0.29) is 35.3 Å². The van der Waals surface area contributed by atoms with Gasteiger partial charge in [0.05, 0.1) is 4.90 Å². The number of rotatable bonds is 4. The van der Waals surface area contributed by atoms with Gasteiger partial charge in [-0.25, -0.2) is 8.42 Å². The summed E-state index contributed by atoms with van der Waals surface area (Å²) in [4.78, 5) is 14.8. The Labute approximate surface area is 168 Å². The summed E-state index contributed by atoms with van der Waals surface area (Å²) in [7, 11) is -1.92. The van der Waals surface area contributed by atoms with Crippen LogP contribution in [0.2, 0.25) is 0 Å². The van der Waals surface area contributed by atoms with Gasteiger partial charge in [0, 0.05) is 44.3 Å². The van der Waals surface area contributed by atoms with E-state index in [1.807, 2.05) is 6.92 Å². The minimum atomic E-state index is -3.59. The minimum Gasteiger partial charge on any atom is -0.336 e. The molecule has 0 spiro atoms. The summed E-state index contributed by atoms with van der Waals surface area (Å²) in [5, 5.41) is 3.31. The van der Waals surface area contributed by atoms with Gasteiger partial charge in [-0.15, -0.1) is 12.4 Å². The van der Waals surface area contributed by atoms with E-state index in [0.717, 1.165) is 32.2 Å².